The first-order valence-corrected chi connectivity index (χ1v) is 12.9. The molecule has 6 rings (SSSR count). The van der Waals surface area contributed by atoms with Crippen LogP contribution in [0.1, 0.15) is 0 Å². The maximum Gasteiger partial charge on any atom is 0.235 e. The molecule has 0 saturated heterocycles. The third kappa shape index (κ3) is 5.98. The van der Waals surface area contributed by atoms with Crippen LogP contribution in [-0.2, 0) is 0 Å². The minimum Gasteiger partial charge on any atom is -0.195 e. The molecule has 0 N–H and O–H groups in total. The van der Waals surface area contributed by atoms with Gasteiger partial charge >= 0.3 is 0 Å². The summed E-state index contributed by atoms with van der Waals surface area (Å²) in [5.41, 5.74) is 7.91. The average Bonchev–Trinajstić information content (AvgIpc) is 3.01. The van der Waals surface area contributed by atoms with Crippen LogP contribution in [0.5, 0.6) is 0 Å². The minimum atomic E-state index is -1.22. The van der Waals surface area contributed by atoms with E-state index >= 15 is 0 Å². The van der Waals surface area contributed by atoms with E-state index in [2.05, 4.69) is 170 Å². The predicted octanol–water partition coefficient (Wildman–Crippen LogP) is 2.89. The fraction of sp³-hybridized carbons (Fsp3) is 0. The molecule has 0 bridgehead atoms. The lowest BCUT2D eigenvalue weighted by Crippen LogP contribution is -3.00. The van der Waals surface area contributed by atoms with Gasteiger partial charge in [0.1, 0.15) is 6.15 Å². The Bertz CT molecular complexity index is 1270. The van der Waals surface area contributed by atoms with Gasteiger partial charge in [0.2, 0.25) is 24.0 Å². The Morgan fingerprint density at radius 2 is 0.421 bits per heavy atom. The highest BCUT2D eigenvalue weighted by Gasteiger charge is 2.30. The fourth-order valence-electron chi connectivity index (χ4n) is 5.38. The van der Waals surface area contributed by atoms with Crippen LogP contribution in [0.2, 0.25) is 0 Å². The summed E-state index contributed by atoms with van der Waals surface area (Å²) >= 11 is 0. The van der Waals surface area contributed by atoms with Gasteiger partial charge < -0.3 is 0 Å². The highest BCUT2D eigenvalue weighted by molar-refractivity contribution is 7.19. The molecule has 0 aliphatic rings. The van der Waals surface area contributed by atoms with Crippen LogP contribution >= 0.6 is 0 Å². The Kier molecular flexibility index (Phi) is 9.72. The molecule has 0 nitrogen and oxygen atoms in total. The minimum absolute atomic E-state index is 0. The molecule has 2 heteroatoms. The summed E-state index contributed by atoms with van der Waals surface area (Å²) in [7, 11) is 0. The maximum atomic E-state index is 2.26. The molecule has 0 radical (unpaired) electrons. The summed E-state index contributed by atoms with van der Waals surface area (Å²) in [6.45, 7) is 0. The Labute approximate surface area is 244 Å². The van der Waals surface area contributed by atoms with Gasteiger partial charge in [0.25, 0.3) is 0 Å². The topological polar surface area (TPSA) is 0 Å². The van der Waals surface area contributed by atoms with Crippen LogP contribution in [-0.4, -0.2) is 6.15 Å². The molecule has 0 heterocycles. The van der Waals surface area contributed by atoms with Gasteiger partial charge in [-0.3, -0.25) is 0 Å². The lowest BCUT2D eigenvalue weighted by atomic mass is 9.13. The fourth-order valence-corrected chi connectivity index (χ4v) is 5.38. The molecular formula is C36H32BI. The van der Waals surface area contributed by atoms with Crippen molar-refractivity contribution in [1.82, 2.24) is 0 Å². The molecule has 0 saturated carbocycles. The maximum absolute atomic E-state index is 2.26. The van der Waals surface area contributed by atoms with Crippen LogP contribution in [0.4, 0.5) is 0 Å². The van der Waals surface area contributed by atoms with E-state index in [1.54, 1.807) is 0 Å². The lowest BCUT2D eigenvalue weighted by Gasteiger charge is -2.44. The second-order valence-corrected chi connectivity index (χ2v) is 9.24. The van der Waals surface area contributed by atoms with Crippen molar-refractivity contribution in [3.05, 3.63) is 182 Å². The van der Waals surface area contributed by atoms with Crippen molar-refractivity contribution in [2.75, 3.05) is 0 Å². The molecule has 0 amide bonds. The largest absolute Gasteiger partial charge is 0.235 e. The van der Waals surface area contributed by atoms with Gasteiger partial charge in [-0.2, -0.15) is 21.9 Å². The second-order valence-electron chi connectivity index (χ2n) is 9.24. The summed E-state index contributed by atoms with van der Waals surface area (Å²) in [4.78, 5) is 0. The van der Waals surface area contributed by atoms with Crippen molar-refractivity contribution < 1.29 is 24.0 Å². The average molecular weight is 602 g/mol. The second kappa shape index (κ2) is 13.6. The van der Waals surface area contributed by atoms with E-state index in [1.165, 1.54) is 33.0 Å². The predicted molar refractivity (Wildman–Crippen MR) is 165 cm³/mol. The molecule has 0 aliphatic heterocycles. The van der Waals surface area contributed by atoms with Crippen molar-refractivity contribution in [1.29, 1.82) is 0 Å². The number of hydrogen-bond acceptors (Lipinski definition) is 0. The smallest absolute Gasteiger partial charge is 0.195 e. The zero-order chi connectivity index (χ0) is 25.2. The Balaban J connectivity index is 0.000000218. The number of halogens is 1. The van der Waals surface area contributed by atoms with Gasteiger partial charge in [-0.25, -0.2) is 0 Å². The molecule has 38 heavy (non-hydrogen) atoms. The van der Waals surface area contributed by atoms with Gasteiger partial charge in [-0.1, -0.05) is 182 Å². The number of rotatable bonds is 5. The highest BCUT2D eigenvalue weighted by atomic mass is 127. The van der Waals surface area contributed by atoms with E-state index in [0.717, 1.165) is 0 Å². The Hall–Kier alpha value is -3.89. The summed E-state index contributed by atoms with van der Waals surface area (Å²) < 4.78 is 0. The van der Waals surface area contributed by atoms with E-state index in [0.29, 0.717) is 0 Å². The summed E-state index contributed by atoms with van der Waals surface area (Å²) in [6, 6.07) is 64.3. The van der Waals surface area contributed by atoms with Gasteiger partial charge in [0.05, 0.1) is 0 Å². The van der Waals surface area contributed by atoms with E-state index in [1.807, 2.05) is 12.1 Å². The molecule has 0 unspecified atom stereocenters. The number of hydrogen-bond donors (Lipinski definition) is 0. The standard InChI is InChI=1S/C24H20B.C12H10.H2I/c1-5-13-21(14-6-1)25(22-15-7-2-8-16-22,23-17-9-3-10-18-23)24-19-11-4-12-20-24;1-3-7-11(8-4-1)12-9-5-2-6-10-12;/h1-20H;1-10H;1H2/q-1;;+1. The van der Waals surface area contributed by atoms with Crippen molar-refractivity contribution in [2.24, 2.45) is 0 Å². The first-order valence-electron chi connectivity index (χ1n) is 12.9. The van der Waals surface area contributed by atoms with Gasteiger partial charge in [0.15, 0.2) is 0 Å². The highest BCUT2D eigenvalue weighted by Crippen LogP contribution is 2.17. The van der Waals surface area contributed by atoms with Gasteiger partial charge in [-0.15, -0.1) is 0 Å². The van der Waals surface area contributed by atoms with Crippen molar-refractivity contribution in [3.8, 4) is 11.1 Å². The first kappa shape index (κ1) is 27.2. The zero-order valence-electron chi connectivity index (χ0n) is 21.3. The monoisotopic (exact) mass is 602 g/mol. The third-order valence-electron chi connectivity index (χ3n) is 7.08. The Morgan fingerprint density at radius 3 is 0.632 bits per heavy atom. The SMILES string of the molecule is [IH2+].c1ccc(-c2ccccc2)cc1.c1ccc([B-](c2ccccc2)(c2ccccc2)c2ccccc2)cc1. The molecule has 0 aromatic heterocycles. The summed E-state index contributed by atoms with van der Waals surface area (Å²) in [6.07, 6.45) is -1.22. The van der Waals surface area contributed by atoms with E-state index in [4.69, 9.17) is 0 Å². The zero-order valence-corrected chi connectivity index (χ0v) is 23.9. The summed E-state index contributed by atoms with van der Waals surface area (Å²) in [5.74, 6) is 0. The van der Waals surface area contributed by atoms with Crippen molar-refractivity contribution >= 4 is 28.0 Å². The summed E-state index contributed by atoms with van der Waals surface area (Å²) in [5, 5.41) is 0. The van der Waals surface area contributed by atoms with E-state index < -0.39 is 6.15 Å². The van der Waals surface area contributed by atoms with Crippen molar-refractivity contribution in [3.63, 3.8) is 0 Å². The third-order valence-corrected chi connectivity index (χ3v) is 7.08. The first-order chi connectivity index (χ1) is 18.4. The van der Waals surface area contributed by atoms with E-state index in [9.17, 15) is 0 Å². The lowest BCUT2D eigenvalue weighted by molar-refractivity contribution is -0.00000703. The van der Waals surface area contributed by atoms with Crippen LogP contribution in [0.25, 0.3) is 11.1 Å². The molecule has 0 aliphatic carbocycles. The molecule has 0 spiro atoms. The van der Waals surface area contributed by atoms with Crippen LogP contribution in [0.15, 0.2) is 182 Å². The Morgan fingerprint density at radius 1 is 0.237 bits per heavy atom. The van der Waals surface area contributed by atoms with E-state index in [-0.39, 0.29) is 24.0 Å². The molecule has 6 aromatic carbocycles. The molecular weight excluding hydrogens is 570 g/mol. The normalized spacial score (nSPS) is 10.4. The van der Waals surface area contributed by atoms with Crippen LogP contribution < -0.4 is 45.8 Å². The quantitative estimate of drug-likeness (QED) is 0.211. The molecule has 0 atom stereocenters. The van der Waals surface area contributed by atoms with Gasteiger partial charge in [0, 0.05) is 0 Å². The van der Waals surface area contributed by atoms with Crippen molar-refractivity contribution in [2.45, 2.75) is 0 Å². The molecule has 6 aromatic rings. The van der Waals surface area contributed by atoms with Crippen LogP contribution in [0, 0.1) is 0 Å². The molecule has 186 valence electrons. The van der Waals surface area contributed by atoms with Crippen LogP contribution in [0.3, 0.4) is 0 Å². The van der Waals surface area contributed by atoms with Gasteiger partial charge in [-0.05, 0) is 11.1 Å². The molecule has 0 fully saturated rings. The number of benzene rings is 6.